The maximum Gasteiger partial charge on any atom is 0.256 e. The smallest absolute Gasteiger partial charge is 0.256 e. The van der Waals surface area contributed by atoms with E-state index in [0.717, 1.165) is 30.9 Å². The van der Waals surface area contributed by atoms with Gasteiger partial charge in [0.15, 0.2) is 0 Å². The van der Waals surface area contributed by atoms with Crippen LogP contribution in [0.2, 0.25) is 0 Å². The van der Waals surface area contributed by atoms with E-state index in [1.807, 2.05) is 24.3 Å². The molecule has 0 radical (unpaired) electrons. The van der Waals surface area contributed by atoms with E-state index < -0.39 is 5.82 Å². The van der Waals surface area contributed by atoms with Crippen molar-refractivity contribution in [1.82, 2.24) is 10.2 Å². The van der Waals surface area contributed by atoms with Crippen molar-refractivity contribution < 1.29 is 18.4 Å². The molecule has 1 aromatic heterocycles. The molecule has 3 heterocycles. The monoisotopic (exact) mass is 445 g/mol. The fourth-order valence-corrected chi connectivity index (χ4v) is 4.29. The second kappa shape index (κ2) is 9.03. The standard InChI is InChI=1S/C26H24FN3O3/c27-22-9-7-17(25(31)28-11-14-30-12-3-4-13-30)15-21(22)24-10-8-18(33-24)16-20-19-5-1-2-6-23(19)29-26(20)32/h1-2,5-10,15-16H,3-4,11-14H2,(H,28,31)(H,29,32). The van der Waals surface area contributed by atoms with Crippen LogP contribution in [0.1, 0.15) is 34.5 Å². The highest BCUT2D eigenvalue weighted by Crippen LogP contribution is 2.34. The van der Waals surface area contributed by atoms with Crippen LogP contribution < -0.4 is 10.6 Å². The molecule has 1 saturated heterocycles. The first-order valence-corrected chi connectivity index (χ1v) is 11.1. The lowest BCUT2D eigenvalue weighted by molar-refractivity contribution is -0.110. The number of rotatable bonds is 6. The third kappa shape index (κ3) is 4.45. The van der Waals surface area contributed by atoms with Gasteiger partial charge in [-0.25, -0.2) is 4.39 Å². The molecule has 5 rings (SSSR count). The van der Waals surface area contributed by atoms with Crippen molar-refractivity contribution in [3.05, 3.63) is 77.3 Å². The highest BCUT2D eigenvalue weighted by Gasteiger charge is 2.24. The Balaban J connectivity index is 1.33. The minimum atomic E-state index is -0.485. The summed E-state index contributed by atoms with van der Waals surface area (Å²) < 4.78 is 20.4. The number of halogens is 1. The average Bonchev–Trinajstić information content (AvgIpc) is 3.56. The minimum Gasteiger partial charge on any atom is -0.457 e. The van der Waals surface area contributed by atoms with Crippen LogP contribution in [-0.2, 0) is 4.79 Å². The van der Waals surface area contributed by atoms with Crippen LogP contribution in [0.15, 0.2) is 59.0 Å². The van der Waals surface area contributed by atoms with E-state index in [1.54, 1.807) is 18.2 Å². The van der Waals surface area contributed by atoms with Crippen molar-refractivity contribution in [3.8, 4) is 11.3 Å². The molecule has 2 aliphatic rings. The number of likely N-dealkylation sites (tertiary alicyclic amines) is 1. The summed E-state index contributed by atoms with van der Waals surface area (Å²) in [6.45, 7) is 3.50. The Morgan fingerprint density at radius 2 is 1.91 bits per heavy atom. The van der Waals surface area contributed by atoms with Gasteiger partial charge in [-0.05, 0) is 68.4 Å². The number of nitrogens with one attached hydrogen (secondary N) is 2. The number of carbonyl (C=O) groups is 2. The number of carbonyl (C=O) groups excluding carboxylic acids is 2. The Morgan fingerprint density at radius 3 is 2.76 bits per heavy atom. The number of nitrogens with zero attached hydrogens (tertiary/aromatic N) is 1. The highest BCUT2D eigenvalue weighted by atomic mass is 19.1. The fourth-order valence-electron chi connectivity index (χ4n) is 4.29. The number of fused-ring (bicyclic) bond motifs is 1. The number of amides is 2. The minimum absolute atomic E-state index is 0.197. The molecular weight excluding hydrogens is 421 g/mol. The van der Waals surface area contributed by atoms with Crippen LogP contribution in [0.3, 0.4) is 0 Å². The first-order valence-electron chi connectivity index (χ1n) is 11.1. The molecule has 2 amide bonds. The molecule has 33 heavy (non-hydrogen) atoms. The van der Waals surface area contributed by atoms with Gasteiger partial charge >= 0.3 is 0 Å². The fraction of sp³-hybridized carbons (Fsp3) is 0.231. The van der Waals surface area contributed by atoms with Crippen molar-refractivity contribution in [3.63, 3.8) is 0 Å². The Labute approximate surface area is 191 Å². The summed E-state index contributed by atoms with van der Waals surface area (Å²) >= 11 is 0. The Kier molecular flexibility index (Phi) is 5.79. The van der Waals surface area contributed by atoms with Gasteiger partial charge in [0.05, 0.1) is 11.1 Å². The molecule has 2 aromatic carbocycles. The van der Waals surface area contributed by atoms with Gasteiger partial charge in [-0.2, -0.15) is 0 Å². The number of benzene rings is 2. The van der Waals surface area contributed by atoms with Gasteiger partial charge in [0.25, 0.3) is 11.8 Å². The van der Waals surface area contributed by atoms with Crippen molar-refractivity contribution in [2.75, 3.05) is 31.5 Å². The Hall–Kier alpha value is -3.71. The molecule has 7 heteroatoms. The molecule has 0 bridgehead atoms. The van der Waals surface area contributed by atoms with Gasteiger partial charge < -0.3 is 20.0 Å². The molecule has 168 valence electrons. The van der Waals surface area contributed by atoms with E-state index >= 15 is 0 Å². The Morgan fingerprint density at radius 1 is 1.09 bits per heavy atom. The SMILES string of the molecule is O=C1Nc2ccccc2C1=Cc1ccc(-c2cc(C(=O)NCCN3CCCC3)ccc2F)o1. The highest BCUT2D eigenvalue weighted by molar-refractivity contribution is 6.34. The topological polar surface area (TPSA) is 74.6 Å². The maximum absolute atomic E-state index is 14.6. The molecule has 0 aliphatic carbocycles. The van der Waals surface area contributed by atoms with Gasteiger partial charge in [-0.1, -0.05) is 18.2 Å². The van der Waals surface area contributed by atoms with Crippen LogP contribution in [0.5, 0.6) is 0 Å². The summed E-state index contributed by atoms with van der Waals surface area (Å²) in [4.78, 5) is 27.2. The van der Waals surface area contributed by atoms with Crippen LogP contribution in [0.4, 0.5) is 10.1 Å². The second-order valence-electron chi connectivity index (χ2n) is 8.26. The van der Waals surface area contributed by atoms with E-state index in [-0.39, 0.29) is 23.1 Å². The maximum atomic E-state index is 14.6. The van der Waals surface area contributed by atoms with Crippen molar-refractivity contribution >= 4 is 29.2 Å². The molecule has 0 saturated carbocycles. The molecule has 0 unspecified atom stereocenters. The average molecular weight is 445 g/mol. The summed E-state index contributed by atoms with van der Waals surface area (Å²) in [7, 11) is 0. The zero-order chi connectivity index (χ0) is 22.8. The molecular formula is C26H24FN3O3. The predicted octanol–water partition coefficient (Wildman–Crippen LogP) is 4.40. The first-order chi connectivity index (χ1) is 16.1. The summed E-state index contributed by atoms with van der Waals surface area (Å²) in [5.74, 6) is -0.234. The predicted molar refractivity (Wildman–Crippen MR) is 125 cm³/mol. The normalized spacial score (nSPS) is 16.8. The first kappa shape index (κ1) is 21.2. The van der Waals surface area contributed by atoms with Crippen LogP contribution in [0, 0.1) is 5.82 Å². The number of furan rings is 1. The van der Waals surface area contributed by atoms with E-state index in [0.29, 0.717) is 23.4 Å². The number of para-hydroxylation sites is 1. The van der Waals surface area contributed by atoms with E-state index in [9.17, 15) is 14.0 Å². The third-order valence-electron chi connectivity index (χ3n) is 6.03. The zero-order valence-electron chi connectivity index (χ0n) is 18.1. The quantitative estimate of drug-likeness (QED) is 0.552. The molecule has 2 aliphatic heterocycles. The Bertz CT molecular complexity index is 1240. The number of hydrogen-bond donors (Lipinski definition) is 2. The van der Waals surface area contributed by atoms with Crippen LogP contribution in [-0.4, -0.2) is 42.9 Å². The van der Waals surface area contributed by atoms with E-state index in [1.165, 1.54) is 31.0 Å². The molecule has 3 aromatic rings. The summed E-state index contributed by atoms with van der Waals surface area (Å²) in [6.07, 6.45) is 4.04. The number of anilines is 1. The molecule has 2 N–H and O–H groups in total. The van der Waals surface area contributed by atoms with Gasteiger partial charge in [0.1, 0.15) is 17.3 Å². The van der Waals surface area contributed by atoms with Crippen molar-refractivity contribution in [1.29, 1.82) is 0 Å². The van der Waals surface area contributed by atoms with Gasteiger partial charge in [-0.15, -0.1) is 0 Å². The third-order valence-corrected chi connectivity index (χ3v) is 6.03. The zero-order valence-corrected chi connectivity index (χ0v) is 18.1. The molecule has 1 fully saturated rings. The number of hydrogen-bond acceptors (Lipinski definition) is 4. The molecule has 0 atom stereocenters. The van der Waals surface area contributed by atoms with E-state index in [2.05, 4.69) is 15.5 Å². The summed E-state index contributed by atoms with van der Waals surface area (Å²) in [5, 5.41) is 5.72. The van der Waals surface area contributed by atoms with Crippen LogP contribution in [0.25, 0.3) is 23.0 Å². The lowest BCUT2D eigenvalue weighted by Crippen LogP contribution is -2.33. The van der Waals surface area contributed by atoms with Gasteiger partial charge in [0, 0.05) is 29.9 Å². The molecule has 0 spiro atoms. The summed E-state index contributed by atoms with van der Waals surface area (Å²) in [5.41, 5.74) is 2.59. The van der Waals surface area contributed by atoms with Crippen molar-refractivity contribution in [2.24, 2.45) is 0 Å². The van der Waals surface area contributed by atoms with Gasteiger partial charge in [0.2, 0.25) is 0 Å². The van der Waals surface area contributed by atoms with Gasteiger partial charge in [-0.3, -0.25) is 9.59 Å². The van der Waals surface area contributed by atoms with Crippen LogP contribution >= 0.6 is 0 Å². The second-order valence-corrected chi connectivity index (χ2v) is 8.26. The molecule has 6 nitrogen and oxygen atoms in total. The summed E-state index contributed by atoms with van der Waals surface area (Å²) in [6, 6.07) is 14.9. The lowest BCUT2D eigenvalue weighted by atomic mass is 10.1. The lowest BCUT2D eigenvalue weighted by Gasteiger charge is -2.14. The van der Waals surface area contributed by atoms with E-state index in [4.69, 9.17) is 4.42 Å². The largest absolute Gasteiger partial charge is 0.457 e. The van der Waals surface area contributed by atoms with Crippen molar-refractivity contribution in [2.45, 2.75) is 12.8 Å².